The number of hydrogen-bond acceptors (Lipinski definition) is 2. The Morgan fingerprint density at radius 3 is 2.47 bits per heavy atom. The summed E-state index contributed by atoms with van der Waals surface area (Å²) in [5.74, 6) is 0. The average molecular weight is 244 g/mol. The first kappa shape index (κ1) is 11.4. The molecular formula is C17H12N2. The SMILES string of the molecule is Cc1ccc(-c2c(C#N)cnc3ccccc23)cc1. The molecule has 2 nitrogen and oxygen atoms in total. The van der Waals surface area contributed by atoms with E-state index < -0.39 is 0 Å². The van der Waals surface area contributed by atoms with E-state index >= 15 is 0 Å². The van der Waals surface area contributed by atoms with Crippen molar-refractivity contribution >= 4 is 10.9 Å². The van der Waals surface area contributed by atoms with Gasteiger partial charge in [-0.2, -0.15) is 5.26 Å². The van der Waals surface area contributed by atoms with E-state index in [9.17, 15) is 5.26 Å². The van der Waals surface area contributed by atoms with Crippen molar-refractivity contribution in [3.63, 3.8) is 0 Å². The molecule has 0 radical (unpaired) electrons. The number of rotatable bonds is 1. The quantitative estimate of drug-likeness (QED) is 0.646. The number of benzene rings is 2. The molecule has 0 saturated heterocycles. The number of nitriles is 1. The number of fused-ring (bicyclic) bond motifs is 1. The van der Waals surface area contributed by atoms with Crippen LogP contribution in [0.5, 0.6) is 0 Å². The van der Waals surface area contributed by atoms with Gasteiger partial charge in [-0.3, -0.25) is 4.98 Å². The van der Waals surface area contributed by atoms with Crippen LogP contribution in [-0.2, 0) is 0 Å². The van der Waals surface area contributed by atoms with Crippen LogP contribution < -0.4 is 0 Å². The fourth-order valence-electron chi connectivity index (χ4n) is 2.26. The van der Waals surface area contributed by atoms with E-state index in [0.717, 1.165) is 22.0 Å². The van der Waals surface area contributed by atoms with Crippen LogP contribution in [0.3, 0.4) is 0 Å². The van der Waals surface area contributed by atoms with E-state index in [4.69, 9.17) is 0 Å². The number of aryl methyl sites for hydroxylation is 1. The van der Waals surface area contributed by atoms with Crippen molar-refractivity contribution in [1.82, 2.24) is 4.98 Å². The predicted molar refractivity (Wildman–Crippen MR) is 76.6 cm³/mol. The second-order valence-corrected chi connectivity index (χ2v) is 4.54. The zero-order valence-electron chi connectivity index (χ0n) is 10.6. The smallest absolute Gasteiger partial charge is 0.101 e. The third-order valence-electron chi connectivity index (χ3n) is 3.24. The van der Waals surface area contributed by atoms with Gasteiger partial charge in [-0.15, -0.1) is 0 Å². The lowest BCUT2D eigenvalue weighted by Crippen LogP contribution is -1.90. The van der Waals surface area contributed by atoms with Gasteiger partial charge in [-0.05, 0) is 18.6 Å². The molecule has 19 heavy (non-hydrogen) atoms. The molecule has 0 aliphatic carbocycles. The number of hydrogen-bond donors (Lipinski definition) is 0. The summed E-state index contributed by atoms with van der Waals surface area (Å²) in [6.07, 6.45) is 1.65. The summed E-state index contributed by atoms with van der Waals surface area (Å²) < 4.78 is 0. The highest BCUT2D eigenvalue weighted by atomic mass is 14.7. The molecule has 0 N–H and O–H groups in total. The Kier molecular flexibility index (Phi) is 2.74. The molecule has 0 atom stereocenters. The Labute approximate surface area is 112 Å². The van der Waals surface area contributed by atoms with Crippen molar-refractivity contribution in [1.29, 1.82) is 5.26 Å². The van der Waals surface area contributed by atoms with Crippen molar-refractivity contribution in [3.8, 4) is 17.2 Å². The Morgan fingerprint density at radius 2 is 1.74 bits per heavy atom. The molecule has 0 amide bonds. The minimum Gasteiger partial charge on any atom is -0.255 e. The van der Waals surface area contributed by atoms with E-state index in [0.29, 0.717) is 5.56 Å². The first-order valence-electron chi connectivity index (χ1n) is 6.14. The van der Waals surface area contributed by atoms with Crippen LogP contribution in [-0.4, -0.2) is 4.98 Å². The van der Waals surface area contributed by atoms with Crippen molar-refractivity contribution in [3.05, 3.63) is 65.9 Å². The Balaban J connectivity index is 2.37. The maximum absolute atomic E-state index is 9.30. The summed E-state index contributed by atoms with van der Waals surface area (Å²) in [7, 11) is 0. The number of pyridine rings is 1. The van der Waals surface area contributed by atoms with Crippen LogP contribution in [0.25, 0.3) is 22.0 Å². The van der Waals surface area contributed by atoms with Gasteiger partial charge in [0.2, 0.25) is 0 Å². The van der Waals surface area contributed by atoms with Crippen molar-refractivity contribution in [2.24, 2.45) is 0 Å². The summed E-state index contributed by atoms with van der Waals surface area (Å²) in [6, 6.07) is 18.4. The van der Waals surface area contributed by atoms with Crippen LogP contribution in [0.2, 0.25) is 0 Å². The van der Waals surface area contributed by atoms with Crippen molar-refractivity contribution in [2.45, 2.75) is 6.92 Å². The van der Waals surface area contributed by atoms with Gasteiger partial charge >= 0.3 is 0 Å². The standard InChI is InChI=1S/C17H12N2/c1-12-6-8-13(9-7-12)17-14(10-18)11-19-16-5-3-2-4-15(16)17/h2-9,11H,1H3. The summed E-state index contributed by atoms with van der Waals surface area (Å²) >= 11 is 0. The molecule has 1 aromatic heterocycles. The molecule has 0 bridgehead atoms. The van der Waals surface area contributed by atoms with Crippen LogP contribution >= 0.6 is 0 Å². The minimum absolute atomic E-state index is 0.613. The third-order valence-corrected chi connectivity index (χ3v) is 3.24. The fraction of sp³-hybridized carbons (Fsp3) is 0.0588. The molecular weight excluding hydrogens is 232 g/mol. The van der Waals surface area contributed by atoms with Gasteiger partial charge in [0.05, 0.1) is 11.1 Å². The maximum Gasteiger partial charge on any atom is 0.101 e. The Bertz CT molecular complexity index is 780. The van der Waals surface area contributed by atoms with E-state index in [-0.39, 0.29) is 0 Å². The second-order valence-electron chi connectivity index (χ2n) is 4.54. The van der Waals surface area contributed by atoms with Crippen LogP contribution in [0.4, 0.5) is 0 Å². The van der Waals surface area contributed by atoms with Crippen LogP contribution in [0.15, 0.2) is 54.7 Å². The molecule has 2 aromatic carbocycles. The monoisotopic (exact) mass is 244 g/mol. The fourth-order valence-corrected chi connectivity index (χ4v) is 2.26. The first-order chi connectivity index (χ1) is 9.29. The summed E-state index contributed by atoms with van der Waals surface area (Å²) in [6.45, 7) is 2.06. The number of aromatic nitrogens is 1. The molecule has 2 heteroatoms. The lowest BCUT2D eigenvalue weighted by Gasteiger charge is -2.08. The van der Waals surface area contributed by atoms with E-state index in [2.05, 4.69) is 42.2 Å². The topological polar surface area (TPSA) is 36.7 Å². The molecule has 0 spiro atoms. The van der Waals surface area contributed by atoms with Gasteiger partial charge in [0.1, 0.15) is 6.07 Å². The highest BCUT2D eigenvalue weighted by Gasteiger charge is 2.10. The normalized spacial score (nSPS) is 10.3. The molecule has 0 saturated carbocycles. The zero-order chi connectivity index (χ0) is 13.2. The summed E-state index contributed by atoms with van der Waals surface area (Å²) in [4.78, 5) is 4.33. The van der Waals surface area contributed by atoms with Gasteiger partial charge in [-0.25, -0.2) is 0 Å². The third kappa shape index (κ3) is 1.96. The van der Waals surface area contributed by atoms with Crippen molar-refractivity contribution in [2.75, 3.05) is 0 Å². The molecule has 0 aliphatic rings. The number of para-hydroxylation sites is 1. The zero-order valence-corrected chi connectivity index (χ0v) is 10.6. The summed E-state index contributed by atoms with van der Waals surface area (Å²) in [5.41, 5.74) is 4.76. The molecule has 1 heterocycles. The van der Waals surface area contributed by atoms with Gasteiger partial charge < -0.3 is 0 Å². The molecule has 0 fully saturated rings. The van der Waals surface area contributed by atoms with Gasteiger partial charge in [0, 0.05) is 17.1 Å². The lowest BCUT2D eigenvalue weighted by atomic mass is 9.96. The van der Waals surface area contributed by atoms with Crippen LogP contribution in [0.1, 0.15) is 11.1 Å². The van der Waals surface area contributed by atoms with E-state index in [1.807, 2.05) is 24.3 Å². The molecule has 3 aromatic rings. The molecule has 90 valence electrons. The second kappa shape index (κ2) is 4.55. The predicted octanol–water partition coefficient (Wildman–Crippen LogP) is 4.08. The average Bonchev–Trinajstić information content (AvgIpc) is 2.47. The molecule has 0 unspecified atom stereocenters. The Hall–Kier alpha value is -2.66. The number of nitrogens with zero attached hydrogens (tertiary/aromatic N) is 2. The summed E-state index contributed by atoms with van der Waals surface area (Å²) in [5, 5.41) is 10.3. The largest absolute Gasteiger partial charge is 0.255 e. The minimum atomic E-state index is 0.613. The maximum atomic E-state index is 9.30. The van der Waals surface area contributed by atoms with E-state index in [1.165, 1.54) is 5.56 Å². The van der Waals surface area contributed by atoms with Gasteiger partial charge in [0.15, 0.2) is 0 Å². The Morgan fingerprint density at radius 1 is 1.00 bits per heavy atom. The molecule has 0 aliphatic heterocycles. The van der Waals surface area contributed by atoms with Gasteiger partial charge in [0.25, 0.3) is 0 Å². The first-order valence-corrected chi connectivity index (χ1v) is 6.14. The highest BCUT2D eigenvalue weighted by Crippen LogP contribution is 2.30. The molecule has 3 rings (SSSR count). The lowest BCUT2D eigenvalue weighted by molar-refractivity contribution is 1.37. The van der Waals surface area contributed by atoms with E-state index in [1.54, 1.807) is 6.20 Å². The highest BCUT2D eigenvalue weighted by molar-refractivity contribution is 5.97. The van der Waals surface area contributed by atoms with Crippen LogP contribution in [0, 0.1) is 18.3 Å². The van der Waals surface area contributed by atoms with Gasteiger partial charge in [-0.1, -0.05) is 48.0 Å². The van der Waals surface area contributed by atoms with Crippen molar-refractivity contribution < 1.29 is 0 Å².